The first kappa shape index (κ1) is 26.6. The molecular weight excluding hydrogens is 472 g/mol. The van der Waals surface area contributed by atoms with Crippen molar-refractivity contribution < 1.29 is 42.9 Å². The van der Waals surface area contributed by atoms with E-state index in [0.717, 1.165) is 0 Å². The SMILES string of the molecule is COCOc1cccc2c(OC(=O)NCCCNC(=O)OC(C)(C)C)c3oc(C(C)=O)cc3c(O)c12. The van der Waals surface area contributed by atoms with Crippen molar-refractivity contribution in [3.05, 3.63) is 30.0 Å². The number of fused-ring (bicyclic) bond motifs is 2. The number of Topliss-reactive ketones (excluding diaryl/α,β-unsaturated/α-hetero) is 1. The van der Waals surface area contributed by atoms with Gasteiger partial charge in [-0.05, 0) is 39.3 Å². The molecule has 0 spiro atoms. The molecule has 0 aliphatic rings. The molecule has 0 aliphatic heterocycles. The second-order valence-electron chi connectivity index (χ2n) is 8.92. The highest BCUT2D eigenvalue weighted by molar-refractivity contribution is 6.13. The highest BCUT2D eigenvalue weighted by atomic mass is 16.7. The summed E-state index contributed by atoms with van der Waals surface area (Å²) in [5.74, 6) is -0.258. The molecule has 0 saturated heterocycles. The van der Waals surface area contributed by atoms with Crippen molar-refractivity contribution in [3.8, 4) is 17.2 Å². The molecule has 0 aliphatic carbocycles. The number of phenolic OH excluding ortho intramolecular Hbond substituents is 1. The summed E-state index contributed by atoms with van der Waals surface area (Å²) < 4.78 is 26.9. The van der Waals surface area contributed by atoms with Gasteiger partial charge in [-0.1, -0.05) is 12.1 Å². The first-order chi connectivity index (χ1) is 17.0. The van der Waals surface area contributed by atoms with E-state index < -0.39 is 17.8 Å². The standard InChI is InChI=1S/C25H30N2O9/c1-14(28)18-12-16-20(29)19-15(8-6-9-17(19)33-13-32-5)21(22(16)34-18)35-23(30)26-10-7-11-27-24(31)36-25(2,3)4/h6,8-9,12,29H,7,10-11,13H2,1-5H3,(H,26,30)(H,27,31). The fourth-order valence-electron chi connectivity index (χ4n) is 3.39. The number of carbonyl (C=O) groups excluding carboxylic acids is 3. The van der Waals surface area contributed by atoms with Crippen molar-refractivity contribution in [2.24, 2.45) is 0 Å². The van der Waals surface area contributed by atoms with Crippen molar-refractivity contribution in [2.75, 3.05) is 27.0 Å². The fraction of sp³-hybridized carbons (Fsp3) is 0.400. The van der Waals surface area contributed by atoms with Gasteiger partial charge in [0, 0.05) is 32.5 Å². The van der Waals surface area contributed by atoms with Gasteiger partial charge in [-0.3, -0.25) is 4.79 Å². The molecule has 11 nitrogen and oxygen atoms in total. The lowest BCUT2D eigenvalue weighted by Gasteiger charge is -2.19. The van der Waals surface area contributed by atoms with Crippen molar-refractivity contribution in [3.63, 3.8) is 0 Å². The smallest absolute Gasteiger partial charge is 0.412 e. The number of rotatable bonds is 9. The predicted octanol–water partition coefficient (Wildman–Crippen LogP) is 4.48. The van der Waals surface area contributed by atoms with Gasteiger partial charge in [0.25, 0.3) is 0 Å². The maximum absolute atomic E-state index is 12.6. The fourth-order valence-corrected chi connectivity index (χ4v) is 3.39. The van der Waals surface area contributed by atoms with Gasteiger partial charge in [0.05, 0.1) is 10.8 Å². The molecule has 3 rings (SSSR count). The van der Waals surface area contributed by atoms with E-state index in [0.29, 0.717) is 11.8 Å². The van der Waals surface area contributed by atoms with Crippen LogP contribution >= 0.6 is 0 Å². The van der Waals surface area contributed by atoms with Gasteiger partial charge in [0.2, 0.25) is 0 Å². The van der Waals surface area contributed by atoms with Gasteiger partial charge in [0.1, 0.15) is 17.1 Å². The van der Waals surface area contributed by atoms with E-state index in [4.69, 9.17) is 23.4 Å². The Hall–Kier alpha value is -3.99. The Balaban J connectivity index is 1.81. The Labute approximate surface area is 207 Å². The molecule has 0 saturated carbocycles. The van der Waals surface area contributed by atoms with Gasteiger partial charge >= 0.3 is 12.2 Å². The molecule has 0 fully saturated rings. The number of furan rings is 1. The molecule has 1 heterocycles. The summed E-state index contributed by atoms with van der Waals surface area (Å²) in [4.78, 5) is 36.2. The number of aromatic hydroxyl groups is 1. The summed E-state index contributed by atoms with van der Waals surface area (Å²) >= 11 is 0. The number of benzene rings is 2. The summed E-state index contributed by atoms with van der Waals surface area (Å²) in [6.45, 7) is 7.02. The number of methoxy groups -OCH3 is 1. The van der Waals surface area contributed by atoms with E-state index in [1.54, 1.807) is 39.0 Å². The summed E-state index contributed by atoms with van der Waals surface area (Å²) in [7, 11) is 1.46. The van der Waals surface area contributed by atoms with Crippen LogP contribution in [-0.4, -0.2) is 55.7 Å². The number of nitrogens with one attached hydrogen (secondary N) is 2. The number of hydrogen-bond acceptors (Lipinski definition) is 9. The quantitative estimate of drug-likeness (QED) is 0.219. The average molecular weight is 503 g/mol. The number of carbonyl (C=O) groups is 3. The Morgan fingerprint density at radius 3 is 2.39 bits per heavy atom. The van der Waals surface area contributed by atoms with Crippen molar-refractivity contribution >= 4 is 39.7 Å². The Morgan fingerprint density at radius 1 is 1.06 bits per heavy atom. The molecule has 36 heavy (non-hydrogen) atoms. The van der Waals surface area contributed by atoms with Crippen LogP contribution in [-0.2, 0) is 9.47 Å². The van der Waals surface area contributed by atoms with Crippen LogP contribution < -0.4 is 20.1 Å². The molecule has 0 atom stereocenters. The molecule has 2 aromatic carbocycles. The Bertz CT molecular complexity index is 1270. The monoisotopic (exact) mass is 502 g/mol. The maximum atomic E-state index is 12.6. The van der Waals surface area contributed by atoms with E-state index in [1.165, 1.54) is 20.1 Å². The van der Waals surface area contributed by atoms with Crippen LogP contribution in [0.25, 0.3) is 21.7 Å². The lowest BCUT2D eigenvalue weighted by molar-refractivity contribution is 0.0519. The molecule has 11 heteroatoms. The van der Waals surface area contributed by atoms with E-state index in [9.17, 15) is 19.5 Å². The summed E-state index contributed by atoms with van der Waals surface area (Å²) in [5, 5.41) is 17.0. The van der Waals surface area contributed by atoms with Crippen LogP contribution in [0.3, 0.4) is 0 Å². The van der Waals surface area contributed by atoms with Gasteiger partial charge in [-0.25, -0.2) is 9.59 Å². The third-order valence-electron chi connectivity index (χ3n) is 4.87. The minimum absolute atomic E-state index is 0.00607. The van der Waals surface area contributed by atoms with E-state index in [-0.39, 0.29) is 65.0 Å². The van der Waals surface area contributed by atoms with Gasteiger partial charge < -0.3 is 39.1 Å². The molecule has 0 radical (unpaired) electrons. The highest BCUT2D eigenvalue weighted by Crippen LogP contribution is 2.47. The van der Waals surface area contributed by atoms with Crippen LogP contribution in [0.5, 0.6) is 17.2 Å². The molecule has 3 N–H and O–H groups in total. The van der Waals surface area contributed by atoms with Crippen LogP contribution in [0.15, 0.2) is 28.7 Å². The first-order valence-corrected chi connectivity index (χ1v) is 11.3. The summed E-state index contributed by atoms with van der Waals surface area (Å²) in [6.07, 6.45) is -0.914. The third-order valence-corrected chi connectivity index (χ3v) is 4.87. The molecule has 194 valence electrons. The van der Waals surface area contributed by atoms with Gasteiger partial charge in [-0.15, -0.1) is 0 Å². The largest absolute Gasteiger partial charge is 0.506 e. The van der Waals surface area contributed by atoms with Gasteiger partial charge in [0.15, 0.2) is 29.7 Å². The lowest BCUT2D eigenvalue weighted by atomic mass is 10.0. The first-order valence-electron chi connectivity index (χ1n) is 11.3. The van der Waals surface area contributed by atoms with Crippen LogP contribution in [0.4, 0.5) is 9.59 Å². The number of phenols is 1. The zero-order valence-corrected chi connectivity index (χ0v) is 20.9. The molecule has 3 aromatic rings. The number of ketones is 1. The lowest BCUT2D eigenvalue weighted by Crippen LogP contribution is -2.35. The second kappa shape index (κ2) is 11.2. The minimum Gasteiger partial charge on any atom is -0.506 e. The third kappa shape index (κ3) is 6.36. The van der Waals surface area contributed by atoms with Crippen molar-refractivity contribution in [2.45, 2.75) is 39.7 Å². The van der Waals surface area contributed by atoms with Crippen LogP contribution in [0.1, 0.15) is 44.7 Å². The summed E-state index contributed by atoms with van der Waals surface area (Å²) in [6, 6.07) is 6.28. The maximum Gasteiger partial charge on any atom is 0.412 e. The topological polar surface area (TPSA) is 146 Å². The Kier molecular flexibility index (Phi) is 8.25. The zero-order valence-electron chi connectivity index (χ0n) is 20.9. The number of amides is 2. The molecule has 0 unspecified atom stereocenters. The van der Waals surface area contributed by atoms with Crippen molar-refractivity contribution in [1.82, 2.24) is 10.6 Å². The number of ether oxygens (including phenoxy) is 4. The van der Waals surface area contributed by atoms with Crippen LogP contribution in [0.2, 0.25) is 0 Å². The van der Waals surface area contributed by atoms with E-state index >= 15 is 0 Å². The predicted molar refractivity (Wildman–Crippen MR) is 131 cm³/mol. The molecule has 1 aromatic heterocycles. The summed E-state index contributed by atoms with van der Waals surface area (Å²) in [5.41, 5.74) is -0.566. The van der Waals surface area contributed by atoms with Crippen LogP contribution in [0, 0.1) is 0 Å². The average Bonchev–Trinajstić information content (AvgIpc) is 3.25. The molecule has 2 amide bonds. The van der Waals surface area contributed by atoms with E-state index in [1.807, 2.05) is 0 Å². The molecule has 0 bridgehead atoms. The second-order valence-corrected chi connectivity index (χ2v) is 8.92. The number of hydrogen-bond donors (Lipinski definition) is 3. The molecular formula is C25H30N2O9. The normalized spacial score (nSPS) is 11.4. The zero-order chi connectivity index (χ0) is 26.5. The van der Waals surface area contributed by atoms with E-state index in [2.05, 4.69) is 10.6 Å². The minimum atomic E-state index is -0.787. The number of alkyl carbamates (subject to hydrolysis) is 1. The van der Waals surface area contributed by atoms with Gasteiger partial charge in [-0.2, -0.15) is 0 Å². The van der Waals surface area contributed by atoms with Crippen molar-refractivity contribution in [1.29, 1.82) is 0 Å². The Morgan fingerprint density at radius 2 is 1.75 bits per heavy atom. The highest BCUT2D eigenvalue weighted by Gasteiger charge is 2.24.